The highest BCUT2D eigenvalue weighted by Crippen LogP contribution is 2.08. The Morgan fingerprint density at radius 1 is 1.00 bits per heavy atom. The molecule has 6 heteroatoms. The molecule has 0 aromatic heterocycles. The van der Waals surface area contributed by atoms with Gasteiger partial charge in [-0.15, -0.1) is 0 Å². The van der Waals surface area contributed by atoms with Crippen molar-refractivity contribution in [2.75, 3.05) is 19.8 Å². The fourth-order valence-electron chi connectivity index (χ4n) is 1.06. The number of esters is 2. The molecule has 0 bridgehead atoms. The van der Waals surface area contributed by atoms with E-state index in [0.717, 1.165) is 6.08 Å². The second-order valence-corrected chi connectivity index (χ2v) is 6.41. The maximum absolute atomic E-state index is 11.1. The van der Waals surface area contributed by atoms with Gasteiger partial charge in [0.15, 0.2) is 0 Å². The second-order valence-electron chi connectivity index (χ2n) is 6.41. The van der Waals surface area contributed by atoms with E-state index in [1.54, 1.807) is 0 Å². The Morgan fingerprint density at radius 3 is 1.82 bits per heavy atom. The fraction of sp³-hybridized carbons (Fsp3) is 0.750. The van der Waals surface area contributed by atoms with Crippen LogP contribution in [0.25, 0.3) is 0 Å². The van der Waals surface area contributed by atoms with Gasteiger partial charge in [-0.3, -0.25) is 4.79 Å². The second kappa shape index (κ2) is 11.2. The summed E-state index contributed by atoms with van der Waals surface area (Å²) in [6.45, 7) is 14.7. The molecule has 0 atom stereocenters. The van der Waals surface area contributed by atoms with Crippen LogP contribution >= 0.6 is 0 Å². The molecule has 0 aliphatic rings. The number of carbonyl (C=O) groups is 2. The Bertz CT molecular complexity index is 336. The monoisotopic (exact) mass is 318 g/mol. The van der Waals surface area contributed by atoms with Crippen LogP contribution in [0.15, 0.2) is 12.7 Å². The third-order valence-corrected chi connectivity index (χ3v) is 1.68. The van der Waals surface area contributed by atoms with Gasteiger partial charge in [-0.1, -0.05) is 6.58 Å². The van der Waals surface area contributed by atoms with Gasteiger partial charge in [-0.25, -0.2) is 4.79 Å². The van der Waals surface area contributed by atoms with Crippen LogP contribution < -0.4 is 0 Å². The van der Waals surface area contributed by atoms with Crippen molar-refractivity contribution in [3.63, 3.8) is 0 Å². The lowest BCUT2D eigenvalue weighted by molar-refractivity contribution is -0.156. The largest absolute Gasteiger partial charge is 0.460 e. The first-order chi connectivity index (χ1) is 9.91. The first-order valence-electron chi connectivity index (χ1n) is 7.17. The lowest BCUT2D eigenvalue weighted by Crippen LogP contribution is -2.24. The van der Waals surface area contributed by atoms with Gasteiger partial charge in [-0.05, 0) is 41.5 Å². The van der Waals surface area contributed by atoms with Crippen molar-refractivity contribution < 1.29 is 28.9 Å². The van der Waals surface area contributed by atoms with Crippen molar-refractivity contribution in [2.24, 2.45) is 0 Å². The first kappa shape index (κ1) is 22.9. The normalized spacial score (nSPS) is 11.0. The van der Waals surface area contributed by atoms with Gasteiger partial charge in [0, 0.05) is 6.08 Å². The summed E-state index contributed by atoms with van der Waals surface area (Å²) in [4.78, 5) is 21.5. The zero-order valence-corrected chi connectivity index (χ0v) is 14.6. The van der Waals surface area contributed by atoms with Crippen LogP contribution in [0.1, 0.15) is 48.0 Å². The predicted molar refractivity (Wildman–Crippen MR) is 84.4 cm³/mol. The third-order valence-electron chi connectivity index (χ3n) is 1.68. The molecule has 130 valence electrons. The highest BCUT2D eigenvalue weighted by molar-refractivity contribution is 5.81. The van der Waals surface area contributed by atoms with E-state index in [1.165, 1.54) is 0 Å². The molecular weight excluding hydrogens is 288 g/mol. The zero-order valence-electron chi connectivity index (χ0n) is 14.6. The minimum Gasteiger partial charge on any atom is -0.460 e. The number of aliphatic hydroxyl groups excluding tert-OH is 1. The zero-order chi connectivity index (χ0) is 17.8. The molecule has 0 aliphatic carbocycles. The van der Waals surface area contributed by atoms with Gasteiger partial charge < -0.3 is 19.3 Å². The maximum atomic E-state index is 11.1. The number of ether oxygens (including phenoxy) is 3. The van der Waals surface area contributed by atoms with Crippen molar-refractivity contribution in [2.45, 2.75) is 59.2 Å². The number of aliphatic hydroxyl groups is 1. The van der Waals surface area contributed by atoms with Crippen LogP contribution in [0.3, 0.4) is 0 Å². The van der Waals surface area contributed by atoms with E-state index in [2.05, 4.69) is 6.58 Å². The summed E-state index contributed by atoms with van der Waals surface area (Å²) in [5, 5.41) is 8.38. The van der Waals surface area contributed by atoms with Crippen LogP contribution in [-0.2, 0) is 23.8 Å². The van der Waals surface area contributed by atoms with Gasteiger partial charge in [0.25, 0.3) is 0 Å². The standard InChI is InChI=1S/C9H18O4.C7H12O2/c1-9(2,3)13-8(11)4-6-12-7-5-10;1-5-6(8)9-7(2,3)4/h10H,4-7H2,1-3H3;5H,1H2,2-4H3. The summed E-state index contributed by atoms with van der Waals surface area (Å²) in [7, 11) is 0. The quantitative estimate of drug-likeness (QED) is 0.459. The Balaban J connectivity index is 0. The van der Waals surface area contributed by atoms with Gasteiger partial charge >= 0.3 is 11.9 Å². The summed E-state index contributed by atoms with van der Waals surface area (Å²) in [5.74, 6) is -0.645. The lowest BCUT2D eigenvalue weighted by Gasteiger charge is -2.19. The van der Waals surface area contributed by atoms with Crippen molar-refractivity contribution in [1.82, 2.24) is 0 Å². The smallest absolute Gasteiger partial charge is 0.330 e. The van der Waals surface area contributed by atoms with Crippen LogP contribution in [0.4, 0.5) is 0 Å². The molecule has 22 heavy (non-hydrogen) atoms. The summed E-state index contributed by atoms with van der Waals surface area (Å²) >= 11 is 0. The molecule has 0 heterocycles. The van der Waals surface area contributed by atoms with Crippen molar-refractivity contribution in [3.05, 3.63) is 12.7 Å². The molecule has 0 aliphatic heterocycles. The molecule has 0 fully saturated rings. The minimum atomic E-state index is -0.436. The third kappa shape index (κ3) is 20.9. The predicted octanol–water partition coefficient (Wildman–Crippen LogP) is 2.24. The summed E-state index contributed by atoms with van der Waals surface area (Å²) in [5.41, 5.74) is -0.834. The van der Waals surface area contributed by atoms with E-state index in [4.69, 9.17) is 19.3 Å². The number of rotatable bonds is 6. The van der Waals surface area contributed by atoms with Crippen LogP contribution in [0, 0.1) is 0 Å². The molecule has 0 aromatic rings. The molecule has 6 nitrogen and oxygen atoms in total. The van der Waals surface area contributed by atoms with E-state index < -0.39 is 11.2 Å². The molecule has 0 spiro atoms. The SMILES string of the molecule is C=CC(=O)OC(C)(C)C.CC(C)(C)OC(=O)CCOCCO. The van der Waals surface area contributed by atoms with Crippen molar-refractivity contribution >= 4 is 11.9 Å². The Labute approximate surface area is 133 Å². The average molecular weight is 318 g/mol. The summed E-state index contributed by atoms with van der Waals surface area (Å²) < 4.78 is 14.8. The molecule has 0 unspecified atom stereocenters. The molecule has 0 saturated carbocycles. The lowest BCUT2D eigenvalue weighted by atomic mass is 10.2. The summed E-state index contributed by atoms with van der Waals surface area (Å²) in [6, 6.07) is 0. The van der Waals surface area contributed by atoms with Crippen LogP contribution in [0.2, 0.25) is 0 Å². The van der Waals surface area contributed by atoms with E-state index in [9.17, 15) is 9.59 Å². The minimum absolute atomic E-state index is 0.0195. The molecule has 1 N–H and O–H groups in total. The molecular formula is C16H30O6. The van der Waals surface area contributed by atoms with Gasteiger partial charge in [0.05, 0.1) is 26.2 Å². The Morgan fingerprint density at radius 2 is 1.50 bits per heavy atom. The van der Waals surface area contributed by atoms with E-state index in [-0.39, 0.29) is 31.6 Å². The van der Waals surface area contributed by atoms with Crippen LogP contribution in [-0.4, -0.2) is 48.1 Å². The van der Waals surface area contributed by atoms with Crippen molar-refractivity contribution in [1.29, 1.82) is 0 Å². The van der Waals surface area contributed by atoms with E-state index in [1.807, 2.05) is 41.5 Å². The summed E-state index contributed by atoms with van der Waals surface area (Å²) in [6.07, 6.45) is 1.39. The Kier molecular flexibility index (Phi) is 11.7. The van der Waals surface area contributed by atoms with E-state index in [0.29, 0.717) is 6.61 Å². The number of hydrogen-bond donors (Lipinski definition) is 1. The average Bonchev–Trinajstić information content (AvgIpc) is 2.31. The highest BCUT2D eigenvalue weighted by atomic mass is 16.6. The highest BCUT2D eigenvalue weighted by Gasteiger charge is 2.15. The molecule has 0 aromatic carbocycles. The van der Waals surface area contributed by atoms with Gasteiger partial charge in [0.2, 0.25) is 0 Å². The molecule has 0 amide bonds. The Hall–Kier alpha value is -1.40. The van der Waals surface area contributed by atoms with Gasteiger partial charge in [-0.2, -0.15) is 0 Å². The molecule has 0 radical (unpaired) electrons. The van der Waals surface area contributed by atoms with E-state index >= 15 is 0 Å². The fourth-order valence-corrected chi connectivity index (χ4v) is 1.06. The van der Waals surface area contributed by atoms with Gasteiger partial charge in [0.1, 0.15) is 11.2 Å². The number of hydrogen-bond acceptors (Lipinski definition) is 6. The topological polar surface area (TPSA) is 82.1 Å². The first-order valence-corrected chi connectivity index (χ1v) is 7.17. The van der Waals surface area contributed by atoms with Crippen molar-refractivity contribution in [3.8, 4) is 0 Å². The number of carbonyl (C=O) groups excluding carboxylic acids is 2. The molecule has 0 saturated heterocycles. The molecule has 0 rings (SSSR count). The maximum Gasteiger partial charge on any atom is 0.330 e. The van der Waals surface area contributed by atoms with Crippen LogP contribution in [0.5, 0.6) is 0 Å².